The fraction of sp³-hybridized carbons (Fsp3) is 0.833. The molecule has 14 heavy (non-hydrogen) atoms. The second-order valence-electron chi connectivity index (χ2n) is 4.30. The van der Waals surface area contributed by atoms with Crippen LogP contribution in [0.1, 0.15) is 53.4 Å². The number of aliphatic hydroxyl groups is 2. The summed E-state index contributed by atoms with van der Waals surface area (Å²) < 4.78 is 0. The first-order valence-electron chi connectivity index (χ1n) is 5.32. The van der Waals surface area contributed by atoms with Gasteiger partial charge in [-0.1, -0.05) is 38.5 Å². The van der Waals surface area contributed by atoms with Crippen molar-refractivity contribution in [2.24, 2.45) is 0 Å². The molecule has 0 aliphatic rings. The van der Waals surface area contributed by atoms with Gasteiger partial charge in [-0.05, 0) is 26.7 Å². The topological polar surface area (TPSA) is 40.5 Å². The van der Waals surface area contributed by atoms with Crippen LogP contribution in [-0.4, -0.2) is 21.4 Å². The van der Waals surface area contributed by atoms with E-state index in [1.54, 1.807) is 13.8 Å². The Kier molecular flexibility index (Phi) is 5.18. The van der Waals surface area contributed by atoms with Crippen molar-refractivity contribution in [3.63, 3.8) is 0 Å². The Morgan fingerprint density at radius 3 is 1.36 bits per heavy atom. The summed E-state index contributed by atoms with van der Waals surface area (Å²) >= 11 is 0. The molecule has 0 radical (unpaired) electrons. The fourth-order valence-electron chi connectivity index (χ4n) is 1.37. The van der Waals surface area contributed by atoms with Crippen molar-refractivity contribution in [3.05, 3.63) is 0 Å². The Hall–Kier alpha value is -0.520. The Balaban J connectivity index is 4.39. The molecule has 0 saturated carbocycles. The molecule has 2 nitrogen and oxygen atoms in total. The molecule has 0 rings (SSSR count). The van der Waals surface area contributed by atoms with Crippen molar-refractivity contribution in [3.8, 4) is 11.8 Å². The Bertz CT molecular complexity index is 196. The monoisotopic (exact) mass is 198 g/mol. The molecule has 0 aromatic rings. The van der Waals surface area contributed by atoms with Gasteiger partial charge < -0.3 is 10.2 Å². The minimum atomic E-state index is -0.966. The summed E-state index contributed by atoms with van der Waals surface area (Å²) in [5.41, 5.74) is -1.93. The summed E-state index contributed by atoms with van der Waals surface area (Å²) in [5, 5.41) is 19.5. The third kappa shape index (κ3) is 6.01. The summed E-state index contributed by atoms with van der Waals surface area (Å²) in [5.74, 6) is 5.48. The molecule has 0 saturated heterocycles. The normalized spacial score (nSPS) is 19.0. The molecule has 0 aromatic heterocycles. The van der Waals surface area contributed by atoms with Crippen molar-refractivity contribution in [2.45, 2.75) is 64.6 Å². The average molecular weight is 198 g/mol. The predicted molar refractivity (Wildman–Crippen MR) is 58.8 cm³/mol. The van der Waals surface area contributed by atoms with Crippen LogP contribution in [0.5, 0.6) is 0 Å². The Morgan fingerprint density at radius 2 is 1.14 bits per heavy atom. The van der Waals surface area contributed by atoms with E-state index in [4.69, 9.17) is 0 Å². The van der Waals surface area contributed by atoms with Gasteiger partial charge in [0.2, 0.25) is 0 Å². The smallest absolute Gasteiger partial charge is 0.122 e. The zero-order valence-electron chi connectivity index (χ0n) is 9.72. The van der Waals surface area contributed by atoms with Crippen molar-refractivity contribution < 1.29 is 10.2 Å². The van der Waals surface area contributed by atoms with Crippen LogP contribution in [0.4, 0.5) is 0 Å². The van der Waals surface area contributed by atoms with E-state index in [9.17, 15) is 10.2 Å². The van der Waals surface area contributed by atoms with E-state index in [2.05, 4.69) is 11.8 Å². The molecule has 2 heteroatoms. The molecular formula is C12H22O2. The first-order valence-corrected chi connectivity index (χ1v) is 5.32. The van der Waals surface area contributed by atoms with Crippen LogP contribution in [0.25, 0.3) is 0 Å². The lowest BCUT2D eigenvalue weighted by molar-refractivity contribution is 0.0993. The van der Waals surface area contributed by atoms with Gasteiger partial charge in [0.1, 0.15) is 11.2 Å². The van der Waals surface area contributed by atoms with Gasteiger partial charge in [0, 0.05) is 0 Å². The lowest BCUT2D eigenvalue weighted by Gasteiger charge is -2.18. The Labute approximate surface area is 87.3 Å². The zero-order chi connectivity index (χ0) is 11.2. The van der Waals surface area contributed by atoms with E-state index in [0.717, 1.165) is 12.8 Å². The summed E-state index contributed by atoms with van der Waals surface area (Å²) in [7, 11) is 0. The standard InChI is InChI=1S/C12H22O2/c1-5-7-11(3,13)9-10-12(4,14)8-6-2/h13-14H,5-8H2,1-4H3/t11-,12-/m0/s1. The summed E-state index contributed by atoms with van der Waals surface area (Å²) in [6, 6.07) is 0. The zero-order valence-corrected chi connectivity index (χ0v) is 9.72. The average Bonchev–Trinajstić information content (AvgIpc) is 2.01. The first kappa shape index (κ1) is 13.5. The van der Waals surface area contributed by atoms with Crippen molar-refractivity contribution in [1.82, 2.24) is 0 Å². The molecule has 0 fully saturated rings. The lowest BCUT2D eigenvalue weighted by atomic mass is 9.97. The van der Waals surface area contributed by atoms with Gasteiger partial charge in [-0.3, -0.25) is 0 Å². The van der Waals surface area contributed by atoms with Crippen LogP contribution in [0.2, 0.25) is 0 Å². The Morgan fingerprint density at radius 1 is 0.857 bits per heavy atom. The van der Waals surface area contributed by atoms with E-state index in [0.29, 0.717) is 12.8 Å². The minimum absolute atomic E-state index is 0.641. The molecule has 0 heterocycles. The van der Waals surface area contributed by atoms with E-state index < -0.39 is 11.2 Å². The van der Waals surface area contributed by atoms with Crippen LogP contribution < -0.4 is 0 Å². The largest absolute Gasteiger partial charge is 0.378 e. The molecule has 0 aliphatic carbocycles. The third-order valence-corrected chi connectivity index (χ3v) is 2.07. The molecule has 0 aromatic carbocycles. The highest BCUT2D eigenvalue weighted by Gasteiger charge is 2.19. The van der Waals surface area contributed by atoms with Gasteiger partial charge in [0.25, 0.3) is 0 Å². The molecule has 0 amide bonds. The maximum atomic E-state index is 9.76. The van der Waals surface area contributed by atoms with Crippen molar-refractivity contribution in [1.29, 1.82) is 0 Å². The van der Waals surface area contributed by atoms with Gasteiger partial charge in [0.15, 0.2) is 0 Å². The predicted octanol–water partition coefficient (Wildman–Crippen LogP) is 2.09. The van der Waals surface area contributed by atoms with Crippen LogP contribution in [0.3, 0.4) is 0 Å². The second kappa shape index (κ2) is 5.38. The molecule has 0 unspecified atom stereocenters. The van der Waals surface area contributed by atoms with Crippen LogP contribution in [0.15, 0.2) is 0 Å². The van der Waals surface area contributed by atoms with E-state index in [-0.39, 0.29) is 0 Å². The summed E-state index contributed by atoms with van der Waals surface area (Å²) in [6.45, 7) is 7.37. The molecule has 2 atom stereocenters. The number of rotatable bonds is 4. The molecule has 2 N–H and O–H groups in total. The SMILES string of the molecule is CCC[C@](C)(O)C#C[C@@](C)(O)CCC. The lowest BCUT2D eigenvalue weighted by Crippen LogP contribution is -2.25. The maximum Gasteiger partial charge on any atom is 0.122 e. The van der Waals surface area contributed by atoms with Gasteiger partial charge in [0.05, 0.1) is 0 Å². The van der Waals surface area contributed by atoms with Crippen LogP contribution >= 0.6 is 0 Å². The van der Waals surface area contributed by atoms with Crippen LogP contribution in [0, 0.1) is 11.8 Å². The van der Waals surface area contributed by atoms with Crippen LogP contribution in [-0.2, 0) is 0 Å². The summed E-state index contributed by atoms with van der Waals surface area (Å²) in [4.78, 5) is 0. The number of hydrogen-bond donors (Lipinski definition) is 2. The highest BCUT2D eigenvalue weighted by Crippen LogP contribution is 2.14. The molecular weight excluding hydrogens is 176 g/mol. The van der Waals surface area contributed by atoms with Gasteiger partial charge in [-0.15, -0.1) is 0 Å². The maximum absolute atomic E-state index is 9.76. The van der Waals surface area contributed by atoms with Gasteiger partial charge >= 0.3 is 0 Å². The fourth-order valence-corrected chi connectivity index (χ4v) is 1.37. The number of hydrogen-bond acceptors (Lipinski definition) is 2. The quantitative estimate of drug-likeness (QED) is 0.679. The second-order valence-corrected chi connectivity index (χ2v) is 4.30. The third-order valence-electron chi connectivity index (χ3n) is 2.07. The minimum Gasteiger partial charge on any atom is -0.378 e. The van der Waals surface area contributed by atoms with E-state index in [1.807, 2.05) is 13.8 Å². The highest BCUT2D eigenvalue weighted by molar-refractivity contribution is 5.18. The van der Waals surface area contributed by atoms with Crippen molar-refractivity contribution >= 4 is 0 Å². The molecule has 82 valence electrons. The first-order chi connectivity index (χ1) is 6.33. The van der Waals surface area contributed by atoms with E-state index in [1.165, 1.54) is 0 Å². The summed E-state index contributed by atoms with van der Waals surface area (Å²) in [6.07, 6.45) is 3.06. The molecule has 0 spiro atoms. The molecule has 0 bridgehead atoms. The van der Waals surface area contributed by atoms with E-state index >= 15 is 0 Å². The highest BCUT2D eigenvalue weighted by atomic mass is 16.3. The molecule has 0 aliphatic heterocycles. The van der Waals surface area contributed by atoms with Crippen molar-refractivity contribution in [2.75, 3.05) is 0 Å². The van der Waals surface area contributed by atoms with Gasteiger partial charge in [-0.25, -0.2) is 0 Å². The van der Waals surface area contributed by atoms with Gasteiger partial charge in [-0.2, -0.15) is 0 Å².